The Morgan fingerprint density at radius 1 is 1.61 bits per heavy atom. The van der Waals surface area contributed by atoms with Crippen molar-refractivity contribution < 1.29 is 14.6 Å². The molecule has 1 saturated heterocycles. The van der Waals surface area contributed by atoms with E-state index in [-0.39, 0.29) is 0 Å². The number of carboxylic acids is 1. The number of carboxylic acid groups (broad SMARTS) is 1. The third-order valence-electron chi connectivity index (χ3n) is 3.22. The first kappa shape index (κ1) is 13.7. The molecule has 0 aliphatic carbocycles. The van der Waals surface area contributed by atoms with Crippen LogP contribution in [0.15, 0.2) is 22.7 Å². The first-order valence-corrected chi connectivity index (χ1v) is 7.55. The number of aliphatic carboxylic acids is 1. The Morgan fingerprint density at radius 3 is 2.94 bits per heavy atom. The van der Waals surface area contributed by atoms with Crippen LogP contribution in [-0.4, -0.2) is 28.7 Å². The molecule has 98 valence electrons. The van der Waals surface area contributed by atoms with E-state index in [0.717, 1.165) is 34.4 Å². The van der Waals surface area contributed by atoms with E-state index < -0.39 is 10.7 Å². The highest BCUT2D eigenvalue weighted by Crippen LogP contribution is 2.42. The van der Waals surface area contributed by atoms with E-state index in [0.29, 0.717) is 6.42 Å². The number of methoxy groups -OCH3 is 1. The minimum absolute atomic E-state index is 0.533. The maximum atomic E-state index is 11.5. The number of hydrogen-bond donors (Lipinski definition) is 1. The average Bonchev–Trinajstić information content (AvgIpc) is 2.82. The van der Waals surface area contributed by atoms with Gasteiger partial charge in [-0.15, -0.1) is 11.8 Å². The highest BCUT2D eigenvalue weighted by atomic mass is 79.9. The van der Waals surface area contributed by atoms with Crippen LogP contribution in [0.5, 0.6) is 5.75 Å². The van der Waals surface area contributed by atoms with Gasteiger partial charge in [-0.05, 0) is 48.8 Å². The molecule has 0 radical (unpaired) electrons. The van der Waals surface area contributed by atoms with Crippen LogP contribution in [0.2, 0.25) is 0 Å². The largest absolute Gasteiger partial charge is 0.497 e. The predicted octanol–water partition coefficient (Wildman–Crippen LogP) is 3.35. The van der Waals surface area contributed by atoms with Gasteiger partial charge in [-0.1, -0.05) is 15.9 Å². The zero-order valence-corrected chi connectivity index (χ0v) is 12.5. The molecule has 1 aliphatic heterocycles. The first-order valence-electron chi connectivity index (χ1n) is 5.77. The predicted molar refractivity (Wildman–Crippen MR) is 76.5 cm³/mol. The monoisotopic (exact) mass is 330 g/mol. The van der Waals surface area contributed by atoms with E-state index >= 15 is 0 Å². The van der Waals surface area contributed by atoms with Gasteiger partial charge >= 0.3 is 5.97 Å². The fourth-order valence-corrected chi connectivity index (χ4v) is 3.94. The average molecular weight is 331 g/mol. The number of thioether (sulfide) groups is 1. The Bertz CT molecular complexity index is 456. The fourth-order valence-electron chi connectivity index (χ4n) is 2.20. The Hall–Kier alpha value is -0.680. The van der Waals surface area contributed by atoms with Crippen molar-refractivity contribution in [3.63, 3.8) is 0 Å². The highest BCUT2D eigenvalue weighted by molar-refractivity contribution is 9.10. The summed E-state index contributed by atoms with van der Waals surface area (Å²) < 4.78 is 5.46. The van der Waals surface area contributed by atoms with Gasteiger partial charge in [0.1, 0.15) is 10.5 Å². The standard InChI is InChI=1S/C13H15BrO3S/c1-17-10-3-4-11(14)9(7-10)8-13(12(15)16)5-2-6-18-13/h3-4,7H,2,5-6,8H2,1H3,(H,15,16). The summed E-state index contributed by atoms with van der Waals surface area (Å²) in [6.45, 7) is 0. The molecule has 1 heterocycles. The fraction of sp³-hybridized carbons (Fsp3) is 0.462. The van der Waals surface area contributed by atoms with Crippen molar-refractivity contribution in [3.05, 3.63) is 28.2 Å². The number of benzene rings is 1. The summed E-state index contributed by atoms with van der Waals surface area (Å²) in [4.78, 5) is 11.5. The summed E-state index contributed by atoms with van der Waals surface area (Å²) in [6.07, 6.45) is 2.24. The molecule has 3 nitrogen and oxygen atoms in total. The molecule has 0 aromatic heterocycles. The van der Waals surface area contributed by atoms with Crippen LogP contribution in [0.1, 0.15) is 18.4 Å². The van der Waals surface area contributed by atoms with Crippen LogP contribution in [0.4, 0.5) is 0 Å². The van der Waals surface area contributed by atoms with Gasteiger partial charge in [-0.3, -0.25) is 4.79 Å². The molecule has 1 N–H and O–H groups in total. The van der Waals surface area contributed by atoms with E-state index in [1.807, 2.05) is 18.2 Å². The molecule has 0 saturated carbocycles. The van der Waals surface area contributed by atoms with Gasteiger partial charge in [0, 0.05) is 4.47 Å². The van der Waals surface area contributed by atoms with Gasteiger partial charge < -0.3 is 9.84 Å². The van der Waals surface area contributed by atoms with Gasteiger partial charge in [-0.25, -0.2) is 0 Å². The number of hydrogen-bond acceptors (Lipinski definition) is 3. The molecule has 5 heteroatoms. The minimum atomic E-state index is -0.709. The highest BCUT2D eigenvalue weighted by Gasteiger charge is 2.42. The van der Waals surface area contributed by atoms with Gasteiger partial charge in [-0.2, -0.15) is 0 Å². The van der Waals surface area contributed by atoms with E-state index in [1.165, 1.54) is 0 Å². The van der Waals surface area contributed by atoms with Crippen molar-refractivity contribution in [1.29, 1.82) is 0 Å². The van der Waals surface area contributed by atoms with Crippen molar-refractivity contribution in [1.82, 2.24) is 0 Å². The van der Waals surface area contributed by atoms with Crippen molar-refractivity contribution in [2.45, 2.75) is 24.0 Å². The third-order valence-corrected chi connectivity index (χ3v) is 5.56. The van der Waals surface area contributed by atoms with Crippen LogP contribution in [0.3, 0.4) is 0 Å². The van der Waals surface area contributed by atoms with E-state index in [2.05, 4.69) is 15.9 Å². The number of ether oxygens (including phenoxy) is 1. The molecule has 0 bridgehead atoms. The lowest BCUT2D eigenvalue weighted by Crippen LogP contribution is -2.34. The topological polar surface area (TPSA) is 46.5 Å². The molecule has 1 unspecified atom stereocenters. The van der Waals surface area contributed by atoms with E-state index in [9.17, 15) is 9.90 Å². The summed E-state index contributed by atoms with van der Waals surface area (Å²) >= 11 is 5.04. The van der Waals surface area contributed by atoms with Crippen LogP contribution in [0, 0.1) is 0 Å². The Morgan fingerprint density at radius 2 is 2.39 bits per heavy atom. The SMILES string of the molecule is COc1ccc(Br)c(CC2(C(=O)O)CCCS2)c1. The summed E-state index contributed by atoms with van der Waals surface area (Å²) in [6, 6.07) is 5.68. The zero-order valence-electron chi connectivity index (χ0n) is 10.1. The summed E-state index contributed by atoms with van der Waals surface area (Å²) in [5.74, 6) is 0.977. The van der Waals surface area contributed by atoms with Crippen LogP contribution >= 0.6 is 27.7 Å². The second-order valence-electron chi connectivity index (χ2n) is 4.39. The molecule has 1 aromatic carbocycles. The summed E-state index contributed by atoms with van der Waals surface area (Å²) in [5.41, 5.74) is 0.992. The second-order valence-corrected chi connectivity index (χ2v) is 6.72. The maximum Gasteiger partial charge on any atom is 0.320 e. The minimum Gasteiger partial charge on any atom is -0.497 e. The molecule has 1 aromatic rings. The maximum absolute atomic E-state index is 11.5. The zero-order chi connectivity index (χ0) is 13.2. The normalized spacial score (nSPS) is 23.0. The first-order chi connectivity index (χ1) is 8.57. The lowest BCUT2D eigenvalue weighted by molar-refractivity contribution is -0.139. The lowest BCUT2D eigenvalue weighted by Gasteiger charge is -2.23. The molecule has 18 heavy (non-hydrogen) atoms. The van der Waals surface area contributed by atoms with Crippen molar-refractivity contribution in [3.8, 4) is 5.75 Å². The molecule has 1 fully saturated rings. The van der Waals surface area contributed by atoms with Gasteiger partial charge in [0.05, 0.1) is 7.11 Å². The van der Waals surface area contributed by atoms with Crippen molar-refractivity contribution in [2.24, 2.45) is 0 Å². The molecular formula is C13H15BrO3S. The Labute approximate surface area is 119 Å². The molecule has 0 spiro atoms. The van der Waals surface area contributed by atoms with Crippen molar-refractivity contribution >= 4 is 33.7 Å². The lowest BCUT2D eigenvalue weighted by atomic mass is 9.94. The Balaban J connectivity index is 2.29. The van der Waals surface area contributed by atoms with Crippen molar-refractivity contribution in [2.75, 3.05) is 12.9 Å². The van der Waals surface area contributed by atoms with E-state index in [1.54, 1.807) is 18.9 Å². The third kappa shape index (κ3) is 2.67. The number of rotatable bonds is 4. The molecule has 2 rings (SSSR count). The number of carbonyl (C=O) groups is 1. The van der Waals surface area contributed by atoms with Gasteiger partial charge in [0.25, 0.3) is 0 Å². The Kier molecular flexibility index (Phi) is 4.22. The second kappa shape index (κ2) is 5.53. The van der Waals surface area contributed by atoms with Crippen LogP contribution in [-0.2, 0) is 11.2 Å². The molecule has 0 amide bonds. The smallest absolute Gasteiger partial charge is 0.320 e. The molecule has 1 aliphatic rings. The van der Waals surface area contributed by atoms with Gasteiger partial charge in [0.15, 0.2) is 0 Å². The van der Waals surface area contributed by atoms with Gasteiger partial charge in [0.2, 0.25) is 0 Å². The summed E-state index contributed by atoms with van der Waals surface area (Å²) in [7, 11) is 1.62. The quantitative estimate of drug-likeness (QED) is 0.919. The summed E-state index contributed by atoms with van der Waals surface area (Å²) in [5, 5.41) is 9.48. The van der Waals surface area contributed by atoms with Crippen LogP contribution in [0.25, 0.3) is 0 Å². The number of halogens is 1. The van der Waals surface area contributed by atoms with E-state index in [4.69, 9.17) is 4.74 Å². The van der Waals surface area contributed by atoms with Crippen LogP contribution < -0.4 is 4.74 Å². The molecule has 1 atom stereocenters. The molecular weight excluding hydrogens is 316 g/mol.